The molecule has 0 bridgehead atoms. The summed E-state index contributed by atoms with van der Waals surface area (Å²) < 4.78 is 22.2. The van der Waals surface area contributed by atoms with Gasteiger partial charge in [-0.3, -0.25) is 0 Å². The van der Waals surface area contributed by atoms with Gasteiger partial charge in [0.2, 0.25) is 0 Å². The third-order valence-electron chi connectivity index (χ3n) is 2.51. The van der Waals surface area contributed by atoms with E-state index in [9.17, 15) is 8.42 Å². The minimum absolute atomic E-state index is 0.0370. The summed E-state index contributed by atoms with van der Waals surface area (Å²) in [7, 11) is -3.01. The number of anilines is 1. The Hall–Kier alpha value is -1.66. The van der Waals surface area contributed by atoms with E-state index in [-0.39, 0.29) is 12.3 Å². The Kier molecular flexibility index (Phi) is 4.57. The Bertz CT molecular complexity index is 690. The predicted octanol–water partition coefficient (Wildman–Crippen LogP) is 2.25. The molecular formula is C13H14ClN3O2S. The summed E-state index contributed by atoms with van der Waals surface area (Å²) in [6, 6.07) is 11.0. The van der Waals surface area contributed by atoms with Gasteiger partial charge in [0.1, 0.15) is 20.8 Å². The fourth-order valence-electron chi connectivity index (χ4n) is 1.59. The van der Waals surface area contributed by atoms with Crippen LogP contribution in [0, 0.1) is 0 Å². The quantitative estimate of drug-likeness (QED) is 0.858. The monoisotopic (exact) mass is 311 g/mol. The van der Waals surface area contributed by atoms with Crippen molar-refractivity contribution >= 4 is 27.3 Å². The van der Waals surface area contributed by atoms with Gasteiger partial charge in [0.15, 0.2) is 5.82 Å². The van der Waals surface area contributed by atoms with Gasteiger partial charge in [0.25, 0.3) is 0 Å². The molecule has 1 aromatic carbocycles. The Labute approximate surface area is 123 Å². The summed E-state index contributed by atoms with van der Waals surface area (Å²) in [6.45, 7) is 0.278. The molecule has 106 valence electrons. The van der Waals surface area contributed by atoms with E-state index in [0.717, 1.165) is 5.56 Å². The van der Waals surface area contributed by atoms with E-state index in [1.54, 1.807) is 6.07 Å². The van der Waals surface area contributed by atoms with Crippen LogP contribution in [0.15, 0.2) is 36.4 Å². The molecule has 0 saturated heterocycles. The third kappa shape index (κ3) is 4.47. The number of hydrogen-bond donors (Lipinski definition) is 1. The minimum Gasteiger partial charge on any atom is -0.369 e. The lowest BCUT2D eigenvalue weighted by atomic mass is 10.2. The van der Waals surface area contributed by atoms with Gasteiger partial charge in [-0.15, -0.1) is 0 Å². The molecule has 0 aliphatic carbocycles. The van der Waals surface area contributed by atoms with Crippen LogP contribution in [0.3, 0.4) is 0 Å². The molecular weight excluding hydrogens is 298 g/mol. The van der Waals surface area contributed by atoms with Crippen molar-refractivity contribution in [3.8, 4) is 11.4 Å². The maximum atomic E-state index is 11.1. The maximum absolute atomic E-state index is 11.1. The van der Waals surface area contributed by atoms with Crippen molar-refractivity contribution < 1.29 is 8.42 Å². The number of benzene rings is 1. The van der Waals surface area contributed by atoms with Gasteiger partial charge in [0.05, 0.1) is 5.75 Å². The highest BCUT2D eigenvalue weighted by Gasteiger charge is 2.06. The molecule has 0 amide bonds. The van der Waals surface area contributed by atoms with E-state index in [0.29, 0.717) is 16.8 Å². The lowest BCUT2D eigenvalue weighted by Gasteiger charge is -2.07. The molecule has 1 heterocycles. The molecule has 0 unspecified atom stereocenters. The van der Waals surface area contributed by atoms with Gasteiger partial charge < -0.3 is 5.32 Å². The molecule has 0 saturated carbocycles. The Morgan fingerprint density at radius 1 is 1.20 bits per heavy atom. The number of aromatic nitrogens is 2. The van der Waals surface area contributed by atoms with E-state index < -0.39 is 9.84 Å². The van der Waals surface area contributed by atoms with Crippen molar-refractivity contribution in [3.05, 3.63) is 41.6 Å². The van der Waals surface area contributed by atoms with Crippen LogP contribution < -0.4 is 5.32 Å². The number of nitrogens with one attached hydrogen (secondary N) is 1. The molecule has 0 fully saturated rings. The molecule has 0 radical (unpaired) electrons. The smallest absolute Gasteiger partial charge is 0.163 e. The largest absolute Gasteiger partial charge is 0.369 e. The van der Waals surface area contributed by atoms with Crippen LogP contribution in [0.25, 0.3) is 11.4 Å². The molecule has 5 nitrogen and oxygen atoms in total. The molecule has 2 aromatic rings. The summed E-state index contributed by atoms with van der Waals surface area (Å²) in [4.78, 5) is 8.48. The van der Waals surface area contributed by atoms with Crippen LogP contribution in [0.2, 0.25) is 5.15 Å². The number of rotatable bonds is 5. The third-order valence-corrected chi connectivity index (χ3v) is 3.65. The first-order valence-electron chi connectivity index (χ1n) is 5.96. The first-order valence-corrected chi connectivity index (χ1v) is 8.39. The summed E-state index contributed by atoms with van der Waals surface area (Å²) in [5, 5.41) is 3.24. The van der Waals surface area contributed by atoms with Crippen LogP contribution in [0.1, 0.15) is 0 Å². The van der Waals surface area contributed by atoms with Crippen molar-refractivity contribution in [1.82, 2.24) is 9.97 Å². The van der Waals surface area contributed by atoms with Crippen LogP contribution in [0.5, 0.6) is 0 Å². The first-order chi connectivity index (χ1) is 9.44. The van der Waals surface area contributed by atoms with Gasteiger partial charge in [-0.05, 0) is 0 Å². The van der Waals surface area contributed by atoms with Crippen molar-refractivity contribution in [2.75, 3.05) is 23.9 Å². The van der Waals surface area contributed by atoms with Crippen LogP contribution in [-0.2, 0) is 9.84 Å². The minimum atomic E-state index is -3.01. The number of sulfone groups is 1. The number of halogens is 1. The fraction of sp³-hybridized carbons (Fsp3) is 0.231. The second-order valence-electron chi connectivity index (χ2n) is 4.32. The molecule has 7 heteroatoms. The Morgan fingerprint density at radius 3 is 2.55 bits per heavy atom. The highest BCUT2D eigenvalue weighted by atomic mass is 35.5. The highest BCUT2D eigenvalue weighted by Crippen LogP contribution is 2.19. The molecule has 0 spiro atoms. The molecule has 0 atom stereocenters. The zero-order valence-electron chi connectivity index (χ0n) is 10.9. The van der Waals surface area contributed by atoms with Gasteiger partial charge >= 0.3 is 0 Å². The van der Waals surface area contributed by atoms with Gasteiger partial charge in [-0.2, -0.15) is 0 Å². The van der Waals surface area contributed by atoms with E-state index in [4.69, 9.17) is 11.6 Å². The second-order valence-corrected chi connectivity index (χ2v) is 6.97. The van der Waals surface area contributed by atoms with Crippen molar-refractivity contribution in [3.63, 3.8) is 0 Å². The summed E-state index contributed by atoms with van der Waals surface area (Å²) in [5.74, 6) is 1.04. The molecule has 1 N–H and O–H groups in total. The van der Waals surface area contributed by atoms with E-state index in [1.807, 2.05) is 30.3 Å². The molecule has 1 aromatic heterocycles. The molecule has 0 aliphatic heterocycles. The topological polar surface area (TPSA) is 72.0 Å². The molecule has 0 aliphatic rings. The van der Waals surface area contributed by atoms with Gasteiger partial charge in [-0.25, -0.2) is 18.4 Å². The zero-order chi connectivity index (χ0) is 14.6. The van der Waals surface area contributed by atoms with Crippen molar-refractivity contribution in [1.29, 1.82) is 0 Å². The number of hydrogen-bond acceptors (Lipinski definition) is 5. The van der Waals surface area contributed by atoms with E-state index >= 15 is 0 Å². The molecule has 20 heavy (non-hydrogen) atoms. The normalized spacial score (nSPS) is 11.3. The maximum Gasteiger partial charge on any atom is 0.163 e. The van der Waals surface area contributed by atoms with Crippen LogP contribution >= 0.6 is 11.6 Å². The summed E-state index contributed by atoms with van der Waals surface area (Å²) in [6.07, 6.45) is 1.19. The average molecular weight is 312 g/mol. The Balaban J connectivity index is 2.17. The second kappa shape index (κ2) is 6.19. The number of nitrogens with zero attached hydrogens (tertiary/aromatic N) is 2. The standard InChI is InChI=1S/C13H14ClN3O2S/c1-20(18,19)8-7-15-12-9-11(14)16-13(17-12)10-5-3-2-4-6-10/h2-6,9H,7-8H2,1H3,(H,15,16,17). The van der Waals surface area contributed by atoms with Crippen LogP contribution in [0.4, 0.5) is 5.82 Å². The average Bonchev–Trinajstić information content (AvgIpc) is 2.37. The molecule has 2 rings (SSSR count). The van der Waals surface area contributed by atoms with Crippen molar-refractivity contribution in [2.45, 2.75) is 0 Å². The Morgan fingerprint density at radius 2 is 1.90 bits per heavy atom. The predicted molar refractivity (Wildman–Crippen MR) is 80.7 cm³/mol. The van der Waals surface area contributed by atoms with E-state index in [1.165, 1.54) is 6.26 Å². The first kappa shape index (κ1) is 14.7. The SMILES string of the molecule is CS(=O)(=O)CCNc1cc(Cl)nc(-c2ccccc2)n1. The van der Waals surface area contributed by atoms with E-state index in [2.05, 4.69) is 15.3 Å². The van der Waals surface area contributed by atoms with Gasteiger partial charge in [-0.1, -0.05) is 41.9 Å². The lowest BCUT2D eigenvalue weighted by molar-refractivity contribution is 0.602. The summed E-state index contributed by atoms with van der Waals surface area (Å²) in [5.41, 5.74) is 0.848. The highest BCUT2D eigenvalue weighted by molar-refractivity contribution is 7.90. The fourth-order valence-corrected chi connectivity index (χ4v) is 2.25. The lowest BCUT2D eigenvalue weighted by Crippen LogP contribution is -2.15. The summed E-state index contributed by atoms with van der Waals surface area (Å²) >= 11 is 5.96. The van der Waals surface area contributed by atoms with Crippen molar-refractivity contribution in [2.24, 2.45) is 0 Å². The zero-order valence-corrected chi connectivity index (χ0v) is 12.4. The van der Waals surface area contributed by atoms with Gasteiger partial charge in [0, 0.05) is 24.4 Å². The van der Waals surface area contributed by atoms with Crippen LogP contribution in [-0.4, -0.2) is 36.9 Å².